The van der Waals surface area contributed by atoms with Gasteiger partial charge in [0.25, 0.3) is 0 Å². The lowest BCUT2D eigenvalue weighted by Crippen LogP contribution is -2.47. The lowest BCUT2D eigenvalue weighted by Gasteiger charge is -2.30. The summed E-state index contributed by atoms with van der Waals surface area (Å²) >= 11 is 0. The van der Waals surface area contributed by atoms with Gasteiger partial charge in [0, 0.05) is 26.2 Å². The van der Waals surface area contributed by atoms with E-state index in [9.17, 15) is 4.79 Å². The molecule has 0 aliphatic carbocycles. The summed E-state index contributed by atoms with van der Waals surface area (Å²) in [4.78, 5) is 14.4. The molecule has 5 nitrogen and oxygen atoms in total. The summed E-state index contributed by atoms with van der Waals surface area (Å²) < 4.78 is 10.5. The number of hydrogen-bond donors (Lipinski definition) is 1. The molecule has 1 N–H and O–H groups in total. The first kappa shape index (κ1) is 14.7. The molecular weight excluding hydrogens is 256 g/mol. The van der Waals surface area contributed by atoms with E-state index in [2.05, 4.69) is 5.32 Å². The lowest BCUT2D eigenvalue weighted by atomic mass is 9.99. The summed E-state index contributed by atoms with van der Waals surface area (Å²) in [6, 6.07) is 5.64. The van der Waals surface area contributed by atoms with Crippen molar-refractivity contribution >= 4 is 5.91 Å². The van der Waals surface area contributed by atoms with Crippen molar-refractivity contribution in [3.05, 3.63) is 23.8 Å². The van der Waals surface area contributed by atoms with Gasteiger partial charge in [0.15, 0.2) is 11.5 Å². The van der Waals surface area contributed by atoms with E-state index in [0.29, 0.717) is 11.5 Å². The first-order valence-corrected chi connectivity index (χ1v) is 6.88. The van der Waals surface area contributed by atoms with Crippen LogP contribution in [0.2, 0.25) is 0 Å². The van der Waals surface area contributed by atoms with Crippen LogP contribution < -0.4 is 14.8 Å². The zero-order valence-corrected chi connectivity index (χ0v) is 12.3. The number of rotatable bonds is 4. The van der Waals surface area contributed by atoms with Gasteiger partial charge in [0.1, 0.15) is 0 Å². The van der Waals surface area contributed by atoms with E-state index < -0.39 is 0 Å². The summed E-state index contributed by atoms with van der Waals surface area (Å²) in [5.41, 5.74) is 0.950. The SMILES string of the molecule is COc1ccc(C(C)C(=O)N2CCNCC2)cc1OC. The molecule has 0 saturated carbocycles. The maximum atomic E-state index is 12.5. The van der Waals surface area contributed by atoms with Gasteiger partial charge in [-0.15, -0.1) is 0 Å². The van der Waals surface area contributed by atoms with Crippen LogP contribution >= 0.6 is 0 Å². The van der Waals surface area contributed by atoms with Crippen LogP contribution in [0.5, 0.6) is 11.5 Å². The second-order valence-corrected chi connectivity index (χ2v) is 4.91. The standard InChI is InChI=1S/C15H22N2O3/c1-11(15(18)17-8-6-16-7-9-17)12-4-5-13(19-2)14(10-12)20-3/h4-5,10-11,16H,6-9H2,1-3H3. The Labute approximate surface area is 119 Å². The zero-order chi connectivity index (χ0) is 14.5. The topological polar surface area (TPSA) is 50.8 Å². The van der Waals surface area contributed by atoms with Gasteiger partial charge < -0.3 is 19.7 Å². The highest BCUT2D eigenvalue weighted by atomic mass is 16.5. The normalized spacial score (nSPS) is 16.6. The summed E-state index contributed by atoms with van der Waals surface area (Å²) in [6.45, 7) is 5.22. The van der Waals surface area contributed by atoms with Crippen molar-refractivity contribution in [1.29, 1.82) is 0 Å². The van der Waals surface area contributed by atoms with Crippen LogP contribution in [0.15, 0.2) is 18.2 Å². The number of piperazine rings is 1. The molecule has 1 atom stereocenters. The minimum absolute atomic E-state index is 0.165. The molecule has 5 heteroatoms. The lowest BCUT2D eigenvalue weighted by molar-refractivity contribution is -0.133. The summed E-state index contributed by atoms with van der Waals surface area (Å²) in [5.74, 6) is 1.33. The van der Waals surface area contributed by atoms with Crippen molar-refractivity contribution in [1.82, 2.24) is 10.2 Å². The van der Waals surface area contributed by atoms with E-state index in [4.69, 9.17) is 9.47 Å². The number of carbonyl (C=O) groups excluding carboxylic acids is 1. The van der Waals surface area contributed by atoms with Gasteiger partial charge in [-0.05, 0) is 24.6 Å². The zero-order valence-electron chi connectivity index (χ0n) is 12.3. The number of nitrogens with one attached hydrogen (secondary N) is 1. The highest BCUT2D eigenvalue weighted by Crippen LogP contribution is 2.31. The maximum Gasteiger partial charge on any atom is 0.229 e. The summed E-state index contributed by atoms with van der Waals surface area (Å²) in [7, 11) is 3.21. The smallest absolute Gasteiger partial charge is 0.229 e. The van der Waals surface area contributed by atoms with Crippen LogP contribution in [0.3, 0.4) is 0 Å². The Morgan fingerprint density at radius 2 is 1.85 bits per heavy atom. The number of ether oxygens (including phenoxy) is 2. The highest BCUT2D eigenvalue weighted by molar-refractivity contribution is 5.83. The first-order valence-electron chi connectivity index (χ1n) is 6.88. The van der Waals surface area contributed by atoms with Crippen LogP contribution in [0.4, 0.5) is 0 Å². The Morgan fingerprint density at radius 3 is 2.45 bits per heavy atom. The first-order chi connectivity index (χ1) is 9.67. The minimum atomic E-state index is -0.173. The van der Waals surface area contributed by atoms with E-state index in [1.54, 1.807) is 14.2 Å². The van der Waals surface area contributed by atoms with Crippen molar-refractivity contribution in [3.8, 4) is 11.5 Å². The molecule has 2 rings (SSSR count). The van der Waals surface area contributed by atoms with Crippen molar-refractivity contribution in [2.75, 3.05) is 40.4 Å². The largest absolute Gasteiger partial charge is 0.493 e. The number of carbonyl (C=O) groups is 1. The second kappa shape index (κ2) is 6.61. The Kier molecular flexibility index (Phi) is 4.84. The van der Waals surface area contributed by atoms with Crippen LogP contribution in [-0.2, 0) is 4.79 Å². The van der Waals surface area contributed by atoms with Gasteiger partial charge in [0.2, 0.25) is 5.91 Å². The third kappa shape index (κ3) is 3.04. The minimum Gasteiger partial charge on any atom is -0.493 e. The van der Waals surface area contributed by atoms with Gasteiger partial charge in [-0.2, -0.15) is 0 Å². The van der Waals surface area contributed by atoms with E-state index in [0.717, 1.165) is 31.7 Å². The molecule has 1 saturated heterocycles. The molecule has 1 aliphatic rings. The van der Waals surface area contributed by atoms with Gasteiger partial charge in [-0.1, -0.05) is 6.07 Å². The molecule has 1 heterocycles. The molecule has 0 radical (unpaired) electrons. The van der Waals surface area contributed by atoms with E-state index in [1.165, 1.54) is 0 Å². The fourth-order valence-electron chi connectivity index (χ4n) is 2.42. The van der Waals surface area contributed by atoms with Gasteiger partial charge in [0.05, 0.1) is 20.1 Å². The average molecular weight is 278 g/mol. The average Bonchev–Trinajstić information content (AvgIpc) is 2.53. The number of methoxy groups -OCH3 is 2. The number of hydrogen-bond acceptors (Lipinski definition) is 4. The molecule has 0 bridgehead atoms. The highest BCUT2D eigenvalue weighted by Gasteiger charge is 2.24. The third-order valence-electron chi connectivity index (χ3n) is 3.71. The van der Waals surface area contributed by atoms with Crippen molar-refractivity contribution < 1.29 is 14.3 Å². The molecule has 1 fully saturated rings. The van der Waals surface area contributed by atoms with Gasteiger partial charge >= 0.3 is 0 Å². The van der Waals surface area contributed by atoms with Crippen molar-refractivity contribution in [2.45, 2.75) is 12.8 Å². The quantitative estimate of drug-likeness (QED) is 0.900. The molecule has 1 unspecified atom stereocenters. The summed E-state index contributed by atoms with van der Waals surface area (Å²) in [6.07, 6.45) is 0. The molecule has 1 aromatic carbocycles. The molecule has 1 aromatic rings. The fourth-order valence-corrected chi connectivity index (χ4v) is 2.42. The number of amides is 1. The van der Waals surface area contributed by atoms with Crippen LogP contribution in [-0.4, -0.2) is 51.2 Å². The van der Waals surface area contributed by atoms with E-state index >= 15 is 0 Å². The molecule has 1 aliphatic heterocycles. The second-order valence-electron chi connectivity index (χ2n) is 4.91. The summed E-state index contributed by atoms with van der Waals surface area (Å²) in [5, 5.41) is 3.25. The Hall–Kier alpha value is -1.75. The molecule has 1 amide bonds. The van der Waals surface area contributed by atoms with Crippen molar-refractivity contribution in [3.63, 3.8) is 0 Å². The van der Waals surface area contributed by atoms with E-state index in [1.807, 2.05) is 30.0 Å². The monoisotopic (exact) mass is 278 g/mol. The van der Waals surface area contributed by atoms with Gasteiger partial charge in [-0.25, -0.2) is 0 Å². The van der Waals surface area contributed by atoms with Crippen LogP contribution in [0, 0.1) is 0 Å². The van der Waals surface area contributed by atoms with Crippen LogP contribution in [0.25, 0.3) is 0 Å². The van der Waals surface area contributed by atoms with E-state index in [-0.39, 0.29) is 11.8 Å². The van der Waals surface area contributed by atoms with Crippen molar-refractivity contribution in [2.24, 2.45) is 0 Å². The Bertz CT molecular complexity index is 470. The fraction of sp³-hybridized carbons (Fsp3) is 0.533. The maximum absolute atomic E-state index is 12.5. The van der Waals surface area contributed by atoms with Gasteiger partial charge in [-0.3, -0.25) is 4.79 Å². The molecule has 0 spiro atoms. The molecule has 110 valence electrons. The third-order valence-corrected chi connectivity index (χ3v) is 3.71. The predicted octanol–water partition coefficient (Wildman–Crippen LogP) is 1.24. The molecule has 0 aromatic heterocycles. The Morgan fingerprint density at radius 1 is 1.20 bits per heavy atom. The van der Waals surface area contributed by atoms with Crippen LogP contribution in [0.1, 0.15) is 18.4 Å². The molecular formula is C15H22N2O3. The number of benzene rings is 1. The molecule has 20 heavy (non-hydrogen) atoms. The number of nitrogens with zero attached hydrogens (tertiary/aromatic N) is 1. The Balaban J connectivity index is 2.15. The predicted molar refractivity (Wildman–Crippen MR) is 77.4 cm³/mol.